The molecular formula is C22H24Cl2N2O8. The van der Waals surface area contributed by atoms with Crippen LogP contribution in [0.5, 0.6) is 17.2 Å². The van der Waals surface area contributed by atoms with Gasteiger partial charge in [-0.05, 0) is 30.3 Å². The summed E-state index contributed by atoms with van der Waals surface area (Å²) in [5.74, 6) is -0.885. The van der Waals surface area contributed by atoms with E-state index >= 15 is 0 Å². The normalized spacial score (nSPS) is 16.6. The van der Waals surface area contributed by atoms with Gasteiger partial charge in [-0.3, -0.25) is 9.63 Å². The van der Waals surface area contributed by atoms with Crippen LogP contribution in [-0.2, 0) is 9.63 Å². The number of carbonyl (C=O) groups excluding carboxylic acids is 1. The number of amides is 1. The summed E-state index contributed by atoms with van der Waals surface area (Å²) in [4.78, 5) is 28.5. The Labute approximate surface area is 205 Å². The van der Waals surface area contributed by atoms with E-state index in [2.05, 4.69) is 5.32 Å². The number of rotatable bonds is 11. The standard InChI is InChI=1S/C22H24Cl2N2O8/c1-25-22(30)17-6-18(24)20(32-12-21(28)29)7-19(17)31-10-14(27)8-26-9-16(11-33-26)34-15-4-2-13(23)3-5-15/h2-7,14,16,27H,8-12H2,1H3,(H,25,30)(H,28,29)/t14-,16+/m0/s1. The first-order valence-electron chi connectivity index (χ1n) is 10.3. The number of aliphatic carboxylic acids is 1. The van der Waals surface area contributed by atoms with Gasteiger partial charge in [0.05, 0.1) is 23.7 Å². The van der Waals surface area contributed by atoms with Gasteiger partial charge in [0.2, 0.25) is 0 Å². The summed E-state index contributed by atoms with van der Waals surface area (Å²) in [5.41, 5.74) is 0.108. The number of carboxylic acid groups (broad SMARTS) is 1. The molecule has 3 rings (SSSR count). The lowest BCUT2D eigenvalue weighted by Crippen LogP contribution is -2.35. The highest BCUT2D eigenvalue weighted by Crippen LogP contribution is 2.33. The third-order valence-corrected chi connectivity index (χ3v) is 5.22. The van der Waals surface area contributed by atoms with Crippen molar-refractivity contribution in [3.8, 4) is 17.2 Å². The number of ether oxygens (including phenoxy) is 3. The van der Waals surface area contributed by atoms with Gasteiger partial charge in [-0.15, -0.1) is 0 Å². The highest BCUT2D eigenvalue weighted by Gasteiger charge is 2.27. The van der Waals surface area contributed by atoms with Crippen LogP contribution in [0, 0.1) is 0 Å². The number of nitrogens with one attached hydrogen (secondary N) is 1. The molecule has 12 heteroatoms. The van der Waals surface area contributed by atoms with Crippen LogP contribution >= 0.6 is 23.2 Å². The van der Waals surface area contributed by atoms with Crippen LogP contribution < -0.4 is 19.5 Å². The number of nitrogens with zero attached hydrogens (tertiary/aromatic N) is 1. The number of aliphatic hydroxyl groups excluding tert-OH is 1. The van der Waals surface area contributed by atoms with Crippen molar-refractivity contribution in [3.63, 3.8) is 0 Å². The van der Waals surface area contributed by atoms with E-state index < -0.39 is 24.6 Å². The van der Waals surface area contributed by atoms with E-state index in [0.29, 0.717) is 23.9 Å². The predicted molar refractivity (Wildman–Crippen MR) is 123 cm³/mol. The molecule has 34 heavy (non-hydrogen) atoms. The second-order valence-electron chi connectivity index (χ2n) is 7.34. The number of benzene rings is 2. The maximum atomic E-state index is 12.2. The molecule has 10 nitrogen and oxygen atoms in total. The SMILES string of the molecule is CNC(=O)c1cc(Cl)c(OCC(=O)O)cc1OC[C@@H](O)CN1C[C@@H](Oc2ccc(Cl)cc2)CO1. The number of hydroxylamine groups is 2. The highest BCUT2D eigenvalue weighted by atomic mass is 35.5. The molecule has 0 spiro atoms. The summed E-state index contributed by atoms with van der Waals surface area (Å²) in [5, 5.41) is 23.9. The zero-order valence-corrected chi connectivity index (χ0v) is 19.7. The van der Waals surface area contributed by atoms with Crippen LogP contribution in [0.2, 0.25) is 10.0 Å². The Morgan fingerprint density at radius 1 is 1.21 bits per heavy atom. The molecular weight excluding hydrogens is 491 g/mol. The minimum atomic E-state index is -1.19. The first kappa shape index (κ1) is 25.9. The molecule has 1 heterocycles. The first-order chi connectivity index (χ1) is 16.2. The van der Waals surface area contributed by atoms with Crippen molar-refractivity contribution in [1.29, 1.82) is 0 Å². The lowest BCUT2D eigenvalue weighted by atomic mass is 10.1. The molecule has 1 fully saturated rings. The van der Waals surface area contributed by atoms with E-state index in [1.54, 1.807) is 29.3 Å². The molecule has 1 amide bonds. The molecule has 1 saturated heterocycles. The van der Waals surface area contributed by atoms with E-state index in [1.165, 1.54) is 19.2 Å². The summed E-state index contributed by atoms with van der Waals surface area (Å²) in [7, 11) is 1.44. The Kier molecular flexibility index (Phi) is 9.20. The summed E-state index contributed by atoms with van der Waals surface area (Å²) in [6, 6.07) is 9.60. The lowest BCUT2D eigenvalue weighted by molar-refractivity contribution is -0.139. The fourth-order valence-corrected chi connectivity index (χ4v) is 3.46. The molecule has 2 atom stereocenters. The Hall–Kier alpha value is -2.76. The maximum Gasteiger partial charge on any atom is 0.341 e. The van der Waals surface area contributed by atoms with Gasteiger partial charge in [-0.1, -0.05) is 23.2 Å². The average molecular weight is 515 g/mol. The van der Waals surface area contributed by atoms with Crippen molar-refractivity contribution in [2.24, 2.45) is 0 Å². The molecule has 1 aliphatic heterocycles. The molecule has 0 aromatic heterocycles. The number of carboxylic acids is 1. The zero-order valence-electron chi connectivity index (χ0n) is 18.2. The number of hydrogen-bond acceptors (Lipinski definition) is 8. The second-order valence-corrected chi connectivity index (χ2v) is 8.19. The van der Waals surface area contributed by atoms with Crippen LogP contribution in [0.15, 0.2) is 36.4 Å². The topological polar surface area (TPSA) is 127 Å². The van der Waals surface area contributed by atoms with E-state index in [0.717, 1.165) is 0 Å². The summed E-state index contributed by atoms with van der Waals surface area (Å²) in [6.45, 7) is 0.0841. The molecule has 0 unspecified atom stereocenters. The molecule has 0 saturated carbocycles. The number of halogens is 2. The lowest BCUT2D eigenvalue weighted by Gasteiger charge is -2.20. The van der Waals surface area contributed by atoms with Crippen LogP contribution in [0.25, 0.3) is 0 Å². The smallest absolute Gasteiger partial charge is 0.341 e. The molecule has 0 aliphatic carbocycles. The molecule has 3 N–H and O–H groups in total. The van der Waals surface area contributed by atoms with Crippen molar-refractivity contribution in [3.05, 3.63) is 52.0 Å². The van der Waals surface area contributed by atoms with Crippen molar-refractivity contribution in [2.75, 3.05) is 40.0 Å². The number of aliphatic hydroxyl groups is 1. The van der Waals surface area contributed by atoms with Crippen molar-refractivity contribution in [2.45, 2.75) is 12.2 Å². The molecule has 0 bridgehead atoms. The Balaban J connectivity index is 1.56. The summed E-state index contributed by atoms with van der Waals surface area (Å²) in [6.07, 6.45) is -1.19. The van der Waals surface area contributed by atoms with Crippen LogP contribution in [-0.4, -0.2) is 79.3 Å². The summed E-state index contributed by atoms with van der Waals surface area (Å²) >= 11 is 12.0. The van der Waals surface area contributed by atoms with Gasteiger partial charge in [0, 0.05) is 18.1 Å². The minimum Gasteiger partial charge on any atom is -0.490 e. The van der Waals surface area contributed by atoms with Gasteiger partial charge in [0.1, 0.15) is 42.7 Å². The van der Waals surface area contributed by atoms with Gasteiger partial charge in [-0.2, -0.15) is 5.06 Å². The quantitative estimate of drug-likeness (QED) is 0.413. The minimum absolute atomic E-state index is 0.0336. The van der Waals surface area contributed by atoms with Crippen LogP contribution in [0.4, 0.5) is 0 Å². The van der Waals surface area contributed by atoms with Gasteiger partial charge in [0.25, 0.3) is 5.91 Å². The van der Waals surface area contributed by atoms with E-state index in [9.17, 15) is 14.7 Å². The molecule has 1 aliphatic rings. The Bertz CT molecular complexity index is 1010. The predicted octanol–water partition coefficient (Wildman–Crippen LogP) is 2.25. The van der Waals surface area contributed by atoms with Crippen molar-refractivity contribution >= 4 is 35.1 Å². The van der Waals surface area contributed by atoms with Crippen LogP contribution in [0.3, 0.4) is 0 Å². The van der Waals surface area contributed by atoms with Crippen molar-refractivity contribution in [1.82, 2.24) is 10.4 Å². The largest absolute Gasteiger partial charge is 0.490 e. The third-order valence-electron chi connectivity index (χ3n) is 4.67. The van der Waals surface area contributed by atoms with Gasteiger partial charge in [-0.25, -0.2) is 4.79 Å². The number of hydrogen-bond donors (Lipinski definition) is 3. The summed E-state index contributed by atoms with van der Waals surface area (Å²) < 4.78 is 16.6. The fourth-order valence-electron chi connectivity index (χ4n) is 3.12. The fraction of sp³-hybridized carbons (Fsp3) is 0.364. The Morgan fingerprint density at radius 2 is 1.94 bits per heavy atom. The number of β-amino-alcohol motifs (C(OH)–C–C–N with tert-alkyl or cyclic N) is 1. The van der Waals surface area contributed by atoms with Crippen molar-refractivity contribution < 1.29 is 38.9 Å². The maximum absolute atomic E-state index is 12.2. The van der Waals surface area contributed by atoms with Gasteiger partial charge in [0.15, 0.2) is 6.61 Å². The van der Waals surface area contributed by atoms with E-state index in [1.807, 2.05) is 0 Å². The molecule has 184 valence electrons. The average Bonchev–Trinajstić information content (AvgIpc) is 3.24. The molecule has 2 aromatic rings. The van der Waals surface area contributed by atoms with E-state index in [-0.39, 0.29) is 41.3 Å². The molecule has 0 radical (unpaired) electrons. The first-order valence-corrected chi connectivity index (χ1v) is 11.0. The van der Waals surface area contributed by atoms with E-state index in [4.69, 9.17) is 47.4 Å². The Morgan fingerprint density at radius 3 is 2.62 bits per heavy atom. The second kappa shape index (κ2) is 12.1. The zero-order chi connectivity index (χ0) is 24.7. The van der Waals surface area contributed by atoms with Gasteiger partial charge >= 0.3 is 5.97 Å². The van der Waals surface area contributed by atoms with Crippen LogP contribution in [0.1, 0.15) is 10.4 Å². The molecule has 2 aromatic carbocycles. The monoisotopic (exact) mass is 514 g/mol. The highest BCUT2D eigenvalue weighted by molar-refractivity contribution is 6.32. The van der Waals surface area contributed by atoms with Gasteiger partial charge < -0.3 is 29.7 Å². The number of carbonyl (C=O) groups is 2. The third kappa shape index (κ3) is 7.37.